The van der Waals surface area contributed by atoms with Gasteiger partial charge < -0.3 is 5.11 Å². The maximum atomic E-state index is 11.5. The average Bonchev–Trinajstić information content (AvgIpc) is 1.62. The smallest absolute Gasteiger partial charge is 0.357 e. The van der Waals surface area contributed by atoms with Crippen LogP contribution in [0.3, 0.4) is 0 Å². The first-order chi connectivity index (χ1) is 3.85. The molecule has 54 valence electrons. The van der Waals surface area contributed by atoms with Crippen LogP contribution in [0.2, 0.25) is 0 Å². The summed E-state index contributed by atoms with van der Waals surface area (Å²) >= 11 is 0. The molecular formula is C2H2F2O4S. The Bertz CT molecular complexity index is 207. The van der Waals surface area contributed by atoms with Crippen molar-refractivity contribution in [3.8, 4) is 0 Å². The van der Waals surface area contributed by atoms with Crippen LogP contribution in [0.5, 0.6) is 0 Å². The van der Waals surface area contributed by atoms with E-state index in [0.717, 1.165) is 0 Å². The van der Waals surface area contributed by atoms with E-state index >= 15 is 0 Å². The van der Waals surface area contributed by atoms with E-state index in [2.05, 4.69) is 0 Å². The highest BCUT2D eigenvalue weighted by Crippen LogP contribution is 2.04. The van der Waals surface area contributed by atoms with Gasteiger partial charge in [0.1, 0.15) is 0 Å². The van der Waals surface area contributed by atoms with Crippen molar-refractivity contribution in [2.75, 3.05) is 0 Å². The zero-order chi connectivity index (χ0) is 7.65. The summed E-state index contributed by atoms with van der Waals surface area (Å²) in [5.74, 6) is -2.35. The van der Waals surface area contributed by atoms with Crippen LogP contribution in [0.15, 0.2) is 0 Å². The number of hydrogen-bond donors (Lipinski definition) is 1. The van der Waals surface area contributed by atoms with Crippen molar-refractivity contribution < 1.29 is 26.6 Å². The number of alkyl halides is 1. The third kappa shape index (κ3) is 2.36. The minimum atomic E-state index is -5.57. The molecule has 0 aliphatic rings. The van der Waals surface area contributed by atoms with Gasteiger partial charge in [0.2, 0.25) is 0 Å². The van der Waals surface area contributed by atoms with E-state index < -0.39 is 21.7 Å². The average molecular weight is 160 g/mol. The van der Waals surface area contributed by atoms with Crippen LogP contribution in [-0.2, 0) is 15.0 Å². The summed E-state index contributed by atoms with van der Waals surface area (Å²) in [5, 5.41) is 7.52. The maximum absolute atomic E-state index is 11.5. The Morgan fingerprint density at radius 1 is 1.56 bits per heavy atom. The molecule has 0 amide bonds. The van der Waals surface area contributed by atoms with Gasteiger partial charge in [-0.2, -0.15) is 8.42 Å². The van der Waals surface area contributed by atoms with Gasteiger partial charge in [-0.3, -0.25) is 0 Å². The quantitative estimate of drug-likeness (QED) is 0.561. The van der Waals surface area contributed by atoms with Crippen LogP contribution < -0.4 is 0 Å². The van der Waals surface area contributed by atoms with Gasteiger partial charge in [0.15, 0.2) is 0 Å². The third-order valence-corrected chi connectivity index (χ3v) is 1.14. The molecule has 0 rings (SSSR count). The topological polar surface area (TPSA) is 71.4 Å². The number of carbonyl (C=O) groups is 1. The molecule has 0 saturated heterocycles. The summed E-state index contributed by atoms with van der Waals surface area (Å²) < 4.78 is 41.4. The second-order valence-electron chi connectivity index (χ2n) is 1.13. The molecule has 0 saturated carbocycles. The van der Waals surface area contributed by atoms with E-state index in [0.29, 0.717) is 0 Å². The standard InChI is InChI=1S/C2H2F2O4S/c3-1(2(5)6)9(4,7)8/h1H,(H,5,6). The minimum absolute atomic E-state index is 2.35. The number of hydrogen-bond acceptors (Lipinski definition) is 3. The predicted molar refractivity (Wildman–Crippen MR) is 22.6 cm³/mol. The normalized spacial score (nSPS) is 14.9. The summed E-state index contributed by atoms with van der Waals surface area (Å²) in [6.45, 7) is 0. The number of rotatable bonds is 2. The Hall–Kier alpha value is -0.720. The van der Waals surface area contributed by atoms with Gasteiger partial charge >= 0.3 is 21.7 Å². The summed E-state index contributed by atoms with van der Waals surface area (Å²) in [4.78, 5) is 9.35. The fourth-order valence-corrected chi connectivity index (χ4v) is 0.361. The molecule has 1 N–H and O–H groups in total. The van der Waals surface area contributed by atoms with Crippen molar-refractivity contribution >= 4 is 16.2 Å². The van der Waals surface area contributed by atoms with Crippen LogP contribution in [-0.4, -0.2) is 25.0 Å². The molecule has 0 aliphatic carbocycles. The molecule has 0 aromatic heterocycles. The summed E-state index contributed by atoms with van der Waals surface area (Å²) in [6.07, 6.45) is 0. The monoisotopic (exact) mass is 160 g/mol. The van der Waals surface area contributed by atoms with Crippen LogP contribution >= 0.6 is 0 Å². The minimum Gasteiger partial charge on any atom is -0.478 e. The Labute approximate surface area is 49.3 Å². The van der Waals surface area contributed by atoms with Crippen molar-refractivity contribution in [1.82, 2.24) is 0 Å². The Morgan fingerprint density at radius 3 is 1.89 bits per heavy atom. The fourth-order valence-electron chi connectivity index (χ4n) is 0.120. The van der Waals surface area contributed by atoms with E-state index in [-0.39, 0.29) is 0 Å². The van der Waals surface area contributed by atoms with Crippen molar-refractivity contribution in [3.63, 3.8) is 0 Å². The number of halogens is 2. The third-order valence-electron chi connectivity index (χ3n) is 0.441. The van der Waals surface area contributed by atoms with E-state index in [4.69, 9.17) is 5.11 Å². The molecule has 1 atom stereocenters. The largest absolute Gasteiger partial charge is 0.478 e. The molecule has 1 unspecified atom stereocenters. The molecule has 7 heteroatoms. The zero-order valence-electron chi connectivity index (χ0n) is 3.91. The molecule has 0 aliphatic heterocycles. The lowest BCUT2D eigenvalue weighted by molar-refractivity contribution is -0.139. The van der Waals surface area contributed by atoms with Gasteiger partial charge in [0.25, 0.3) is 0 Å². The molecule has 0 spiro atoms. The Balaban J connectivity index is 4.43. The van der Waals surface area contributed by atoms with E-state index in [1.165, 1.54) is 0 Å². The lowest BCUT2D eigenvalue weighted by Gasteiger charge is -1.92. The highest BCUT2D eigenvalue weighted by molar-refractivity contribution is 7.87. The molecule has 0 bridgehead atoms. The highest BCUT2D eigenvalue weighted by Gasteiger charge is 2.31. The molecule has 0 heterocycles. The summed E-state index contributed by atoms with van der Waals surface area (Å²) in [5.41, 5.74) is -3.46. The molecule has 4 nitrogen and oxygen atoms in total. The summed E-state index contributed by atoms with van der Waals surface area (Å²) in [7, 11) is -5.57. The first-order valence-corrected chi connectivity index (χ1v) is 3.10. The lowest BCUT2D eigenvalue weighted by atomic mass is 10.8. The second-order valence-corrected chi connectivity index (χ2v) is 2.49. The first-order valence-electron chi connectivity index (χ1n) is 1.66. The molecule has 0 radical (unpaired) electrons. The Kier molecular flexibility index (Phi) is 2.08. The maximum Gasteiger partial charge on any atom is 0.357 e. The SMILES string of the molecule is O=C(O)C(F)S(=O)(=O)F. The van der Waals surface area contributed by atoms with Crippen LogP contribution in [0.4, 0.5) is 8.28 Å². The van der Waals surface area contributed by atoms with Gasteiger partial charge in [0, 0.05) is 0 Å². The van der Waals surface area contributed by atoms with Crippen LogP contribution in [0.1, 0.15) is 0 Å². The van der Waals surface area contributed by atoms with E-state index in [1.807, 2.05) is 0 Å². The van der Waals surface area contributed by atoms with Crippen molar-refractivity contribution in [1.29, 1.82) is 0 Å². The van der Waals surface area contributed by atoms with E-state index in [9.17, 15) is 21.5 Å². The lowest BCUT2D eigenvalue weighted by Crippen LogP contribution is -2.21. The van der Waals surface area contributed by atoms with Gasteiger partial charge in [0.05, 0.1) is 0 Å². The summed E-state index contributed by atoms with van der Waals surface area (Å²) in [6, 6.07) is 0. The van der Waals surface area contributed by atoms with Gasteiger partial charge in [-0.25, -0.2) is 9.18 Å². The highest BCUT2D eigenvalue weighted by atomic mass is 32.3. The van der Waals surface area contributed by atoms with Gasteiger partial charge in [-0.05, 0) is 0 Å². The van der Waals surface area contributed by atoms with Crippen molar-refractivity contribution in [2.45, 2.75) is 5.50 Å². The van der Waals surface area contributed by atoms with E-state index in [1.54, 1.807) is 0 Å². The van der Waals surface area contributed by atoms with Gasteiger partial charge in [-0.1, -0.05) is 0 Å². The molecule has 9 heavy (non-hydrogen) atoms. The molecule has 0 aromatic rings. The number of carboxylic acid groups (broad SMARTS) is 1. The van der Waals surface area contributed by atoms with Crippen molar-refractivity contribution in [3.05, 3.63) is 0 Å². The second kappa shape index (κ2) is 2.26. The van der Waals surface area contributed by atoms with Crippen LogP contribution in [0.25, 0.3) is 0 Å². The first kappa shape index (κ1) is 8.28. The zero-order valence-corrected chi connectivity index (χ0v) is 4.73. The number of carboxylic acids is 1. The molecule has 0 aromatic carbocycles. The predicted octanol–water partition coefficient (Wildman–Crippen LogP) is -0.334. The van der Waals surface area contributed by atoms with Crippen LogP contribution in [0, 0.1) is 0 Å². The molecule has 0 fully saturated rings. The van der Waals surface area contributed by atoms with Crippen molar-refractivity contribution in [2.24, 2.45) is 0 Å². The molecular weight excluding hydrogens is 158 g/mol. The Morgan fingerprint density at radius 2 is 1.89 bits per heavy atom. The fraction of sp³-hybridized carbons (Fsp3) is 0.500. The number of aliphatic carboxylic acids is 1. The van der Waals surface area contributed by atoms with Gasteiger partial charge in [-0.15, -0.1) is 3.89 Å².